The van der Waals surface area contributed by atoms with Gasteiger partial charge in [-0.2, -0.15) is 5.10 Å². The molecule has 1 atom stereocenters. The SMILES string of the molecule is Cc1cc(OCc2c(F)cccc2F)n2nc(C)c(C(=O)C[C@@H](CO)c3cccs3)c2c1. The molecule has 4 rings (SSSR count). The molecule has 0 unspecified atom stereocenters. The summed E-state index contributed by atoms with van der Waals surface area (Å²) in [6, 6.07) is 11.0. The number of rotatable bonds is 8. The summed E-state index contributed by atoms with van der Waals surface area (Å²) in [5.41, 5.74) is 2.16. The van der Waals surface area contributed by atoms with E-state index in [2.05, 4.69) is 5.10 Å². The zero-order valence-electron chi connectivity index (χ0n) is 17.6. The first kappa shape index (κ1) is 22.1. The number of aliphatic hydroxyl groups excluding tert-OH is 1. The van der Waals surface area contributed by atoms with Crippen LogP contribution in [0.1, 0.15) is 44.4 Å². The van der Waals surface area contributed by atoms with E-state index in [1.54, 1.807) is 13.0 Å². The Morgan fingerprint density at radius 3 is 2.59 bits per heavy atom. The number of aliphatic hydroxyl groups is 1. The number of hydrogen-bond acceptors (Lipinski definition) is 5. The Morgan fingerprint density at radius 2 is 1.94 bits per heavy atom. The van der Waals surface area contributed by atoms with E-state index in [1.807, 2.05) is 30.5 Å². The number of nitrogens with zero attached hydrogens (tertiary/aromatic N) is 2. The van der Waals surface area contributed by atoms with Gasteiger partial charge in [0.25, 0.3) is 0 Å². The molecule has 8 heteroatoms. The topological polar surface area (TPSA) is 63.8 Å². The third-order valence-electron chi connectivity index (χ3n) is 5.32. The van der Waals surface area contributed by atoms with Crippen molar-refractivity contribution in [2.45, 2.75) is 32.8 Å². The third-order valence-corrected chi connectivity index (χ3v) is 6.36. The maximum absolute atomic E-state index is 14.0. The summed E-state index contributed by atoms with van der Waals surface area (Å²) in [5.74, 6) is -1.53. The molecule has 166 valence electrons. The predicted molar refractivity (Wildman–Crippen MR) is 118 cm³/mol. The molecule has 32 heavy (non-hydrogen) atoms. The van der Waals surface area contributed by atoms with Gasteiger partial charge in [-0.05, 0) is 49.1 Å². The van der Waals surface area contributed by atoms with Gasteiger partial charge in [0.2, 0.25) is 5.88 Å². The van der Waals surface area contributed by atoms with Gasteiger partial charge in [0, 0.05) is 23.3 Å². The standard InChI is InChI=1S/C24H22F2N2O3S/c1-14-9-20-24(21(30)11-16(12-29)22-7-4-8-32-22)15(2)27-28(20)23(10-14)31-13-17-18(25)5-3-6-19(17)26/h3-10,16,29H,11-13H2,1-2H3/t16-/m0/s1. The molecule has 0 spiro atoms. The van der Waals surface area contributed by atoms with Gasteiger partial charge in [0.15, 0.2) is 5.78 Å². The van der Waals surface area contributed by atoms with E-state index in [0.717, 1.165) is 10.4 Å². The molecule has 1 N–H and O–H groups in total. The molecule has 1 aromatic carbocycles. The molecular formula is C24H22F2N2O3S. The number of ether oxygens (including phenoxy) is 1. The van der Waals surface area contributed by atoms with Crippen molar-refractivity contribution >= 4 is 22.6 Å². The molecule has 0 saturated carbocycles. The van der Waals surface area contributed by atoms with Gasteiger partial charge in [-0.1, -0.05) is 12.1 Å². The molecule has 0 radical (unpaired) electrons. The summed E-state index contributed by atoms with van der Waals surface area (Å²) < 4.78 is 35.2. The summed E-state index contributed by atoms with van der Waals surface area (Å²) in [6.45, 7) is 3.13. The highest BCUT2D eigenvalue weighted by Gasteiger charge is 2.24. The molecule has 0 aliphatic heterocycles. The van der Waals surface area contributed by atoms with Crippen LogP contribution in [0.4, 0.5) is 8.78 Å². The van der Waals surface area contributed by atoms with Crippen LogP contribution >= 0.6 is 11.3 Å². The molecular weight excluding hydrogens is 434 g/mol. The number of aromatic nitrogens is 2. The van der Waals surface area contributed by atoms with E-state index in [0.29, 0.717) is 16.8 Å². The van der Waals surface area contributed by atoms with Crippen LogP contribution < -0.4 is 4.74 Å². The van der Waals surface area contributed by atoms with Gasteiger partial charge in [0.05, 0.1) is 28.9 Å². The normalized spacial score (nSPS) is 12.3. The third kappa shape index (κ3) is 4.28. The number of benzene rings is 1. The highest BCUT2D eigenvalue weighted by atomic mass is 32.1. The molecule has 3 aromatic heterocycles. The van der Waals surface area contributed by atoms with Crippen LogP contribution in [0.25, 0.3) is 5.52 Å². The fraction of sp³-hybridized carbons (Fsp3) is 0.250. The van der Waals surface area contributed by atoms with Gasteiger partial charge in [-0.15, -0.1) is 11.3 Å². The fourth-order valence-corrected chi connectivity index (χ4v) is 4.55. The van der Waals surface area contributed by atoms with E-state index < -0.39 is 11.6 Å². The van der Waals surface area contributed by atoms with Crippen molar-refractivity contribution in [3.8, 4) is 5.88 Å². The van der Waals surface area contributed by atoms with Crippen LogP contribution in [-0.2, 0) is 6.61 Å². The van der Waals surface area contributed by atoms with E-state index in [4.69, 9.17) is 4.74 Å². The molecule has 0 saturated heterocycles. The molecule has 4 aromatic rings. The van der Waals surface area contributed by atoms with Crippen LogP contribution in [0.2, 0.25) is 0 Å². The number of thiophene rings is 1. The van der Waals surface area contributed by atoms with Crippen molar-refractivity contribution in [3.63, 3.8) is 0 Å². The number of fused-ring (bicyclic) bond motifs is 1. The van der Waals surface area contributed by atoms with Crippen molar-refractivity contribution in [3.05, 3.63) is 86.7 Å². The lowest BCUT2D eigenvalue weighted by atomic mass is 9.96. The van der Waals surface area contributed by atoms with E-state index in [-0.39, 0.29) is 42.8 Å². The summed E-state index contributed by atoms with van der Waals surface area (Å²) in [4.78, 5) is 14.1. The van der Waals surface area contributed by atoms with Gasteiger partial charge >= 0.3 is 0 Å². The van der Waals surface area contributed by atoms with Crippen molar-refractivity contribution in [1.29, 1.82) is 0 Å². The number of aryl methyl sites for hydroxylation is 2. The van der Waals surface area contributed by atoms with Crippen molar-refractivity contribution in [1.82, 2.24) is 9.61 Å². The lowest BCUT2D eigenvalue weighted by Crippen LogP contribution is -2.11. The van der Waals surface area contributed by atoms with Crippen molar-refractivity contribution < 1.29 is 23.4 Å². The quantitative estimate of drug-likeness (QED) is 0.369. The number of Topliss-reactive ketones (excluding diaryl/α,β-unsaturated/α-hetero) is 1. The predicted octanol–water partition coefficient (Wildman–Crippen LogP) is 5.22. The number of halogens is 2. The number of hydrogen-bond donors (Lipinski definition) is 1. The second-order valence-corrected chi connectivity index (χ2v) is 8.62. The Hall–Kier alpha value is -3.10. The fourth-order valence-electron chi connectivity index (χ4n) is 3.73. The number of pyridine rings is 1. The Morgan fingerprint density at radius 1 is 1.19 bits per heavy atom. The first-order chi connectivity index (χ1) is 15.4. The van der Waals surface area contributed by atoms with Crippen LogP contribution in [0.15, 0.2) is 47.8 Å². The molecule has 0 fully saturated rings. The molecule has 5 nitrogen and oxygen atoms in total. The molecule has 0 aliphatic carbocycles. The zero-order valence-corrected chi connectivity index (χ0v) is 18.5. The minimum absolute atomic E-state index is 0.133. The van der Waals surface area contributed by atoms with E-state index in [9.17, 15) is 18.7 Å². The Kier molecular flexibility index (Phi) is 6.34. The highest BCUT2D eigenvalue weighted by molar-refractivity contribution is 7.10. The largest absolute Gasteiger partial charge is 0.473 e. The lowest BCUT2D eigenvalue weighted by Gasteiger charge is -2.12. The smallest absolute Gasteiger partial charge is 0.215 e. The Bertz CT molecular complexity index is 1250. The van der Waals surface area contributed by atoms with Crippen LogP contribution in [-0.4, -0.2) is 27.1 Å². The number of carbonyl (C=O) groups excluding carboxylic acids is 1. The summed E-state index contributed by atoms with van der Waals surface area (Å²) in [5, 5.41) is 16.2. The minimum atomic E-state index is -0.690. The number of carbonyl (C=O) groups is 1. The second kappa shape index (κ2) is 9.18. The number of ketones is 1. The maximum Gasteiger partial charge on any atom is 0.215 e. The minimum Gasteiger partial charge on any atom is -0.473 e. The average molecular weight is 457 g/mol. The first-order valence-electron chi connectivity index (χ1n) is 10.1. The zero-order chi connectivity index (χ0) is 22.8. The maximum atomic E-state index is 14.0. The molecule has 0 bridgehead atoms. The summed E-state index contributed by atoms with van der Waals surface area (Å²) in [6.07, 6.45) is 0.143. The first-order valence-corrected chi connectivity index (χ1v) is 11.0. The summed E-state index contributed by atoms with van der Waals surface area (Å²) >= 11 is 1.50. The Labute approximate surface area is 187 Å². The van der Waals surface area contributed by atoms with Gasteiger partial charge in [-0.3, -0.25) is 4.79 Å². The van der Waals surface area contributed by atoms with Gasteiger partial charge in [-0.25, -0.2) is 13.3 Å². The molecule has 0 amide bonds. The van der Waals surface area contributed by atoms with Crippen molar-refractivity contribution in [2.75, 3.05) is 6.61 Å². The van der Waals surface area contributed by atoms with Crippen molar-refractivity contribution in [2.24, 2.45) is 0 Å². The van der Waals surface area contributed by atoms with Crippen LogP contribution in [0.5, 0.6) is 5.88 Å². The van der Waals surface area contributed by atoms with Gasteiger partial charge < -0.3 is 9.84 Å². The molecule has 0 aliphatic rings. The highest BCUT2D eigenvalue weighted by Crippen LogP contribution is 2.30. The monoisotopic (exact) mass is 456 g/mol. The van der Waals surface area contributed by atoms with Crippen LogP contribution in [0, 0.1) is 25.5 Å². The summed E-state index contributed by atoms with van der Waals surface area (Å²) in [7, 11) is 0. The van der Waals surface area contributed by atoms with E-state index in [1.165, 1.54) is 34.1 Å². The van der Waals surface area contributed by atoms with E-state index >= 15 is 0 Å². The van der Waals surface area contributed by atoms with Gasteiger partial charge in [0.1, 0.15) is 18.2 Å². The Balaban J connectivity index is 1.66. The van der Waals surface area contributed by atoms with Crippen LogP contribution in [0.3, 0.4) is 0 Å². The molecule has 3 heterocycles. The second-order valence-electron chi connectivity index (χ2n) is 7.64. The lowest BCUT2D eigenvalue weighted by molar-refractivity contribution is 0.0962. The average Bonchev–Trinajstić information content (AvgIpc) is 3.39.